The molecule has 21 heavy (non-hydrogen) atoms. The van der Waals surface area contributed by atoms with E-state index >= 15 is 0 Å². The maximum absolute atomic E-state index is 12.4. The van der Waals surface area contributed by atoms with Crippen molar-refractivity contribution < 1.29 is 9.90 Å². The summed E-state index contributed by atoms with van der Waals surface area (Å²) >= 11 is 0. The third kappa shape index (κ3) is 2.48. The minimum absolute atomic E-state index is 0.125. The van der Waals surface area contributed by atoms with Gasteiger partial charge in [0.15, 0.2) is 0 Å². The topological polar surface area (TPSA) is 40.5 Å². The van der Waals surface area contributed by atoms with Gasteiger partial charge in [-0.3, -0.25) is 9.69 Å². The first-order chi connectivity index (χ1) is 10.2. The van der Waals surface area contributed by atoms with Crippen LogP contribution in [0.3, 0.4) is 0 Å². The van der Waals surface area contributed by atoms with E-state index in [1.165, 1.54) is 4.90 Å². The third-order valence-corrected chi connectivity index (χ3v) is 3.76. The first-order valence-electron chi connectivity index (χ1n) is 6.97. The molecule has 1 N–H and O–H groups in total. The molecule has 1 unspecified atom stereocenters. The van der Waals surface area contributed by atoms with Gasteiger partial charge in [0.1, 0.15) is 6.23 Å². The Hall–Kier alpha value is -2.39. The molecule has 0 bridgehead atoms. The Balaban J connectivity index is 2.08. The Kier molecular flexibility index (Phi) is 3.59. The van der Waals surface area contributed by atoms with Crippen LogP contribution in [0.5, 0.6) is 0 Å². The number of aliphatic hydroxyl groups is 1. The smallest absolute Gasteiger partial charge is 0.252 e. The van der Waals surface area contributed by atoms with Gasteiger partial charge in [-0.05, 0) is 24.1 Å². The first kappa shape index (κ1) is 13.6. The first-order valence-corrected chi connectivity index (χ1v) is 6.97. The van der Waals surface area contributed by atoms with E-state index in [0.29, 0.717) is 5.57 Å². The number of hydrogen-bond acceptors (Lipinski definition) is 2. The molecule has 0 saturated carbocycles. The van der Waals surface area contributed by atoms with E-state index < -0.39 is 6.23 Å². The summed E-state index contributed by atoms with van der Waals surface area (Å²) in [5.74, 6) is -0.125. The predicted molar refractivity (Wildman–Crippen MR) is 81.3 cm³/mol. The van der Waals surface area contributed by atoms with Crippen LogP contribution >= 0.6 is 0 Å². The molecule has 0 aromatic heterocycles. The summed E-state index contributed by atoms with van der Waals surface area (Å²) in [6.07, 6.45) is 0.712. The summed E-state index contributed by atoms with van der Waals surface area (Å²) in [6, 6.07) is 19.3. The van der Waals surface area contributed by atoms with Crippen LogP contribution in [-0.2, 0) is 4.79 Å². The van der Waals surface area contributed by atoms with Crippen molar-refractivity contribution in [1.82, 2.24) is 4.90 Å². The van der Waals surface area contributed by atoms with Crippen LogP contribution in [-0.4, -0.2) is 22.1 Å². The molecule has 106 valence electrons. The van der Waals surface area contributed by atoms with Crippen LogP contribution in [0.4, 0.5) is 0 Å². The SMILES string of the molecule is CC1=CC(O)N(C(c2ccccc2)c2ccccc2)C1=O. The molecule has 1 amide bonds. The van der Waals surface area contributed by atoms with Crippen LogP contribution in [0, 0.1) is 0 Å². The molecule has 1 heterocycles. The van der Waals surface area contributed by atoms with Crippen LogP contribution in [0.15, 0.2) is 72.3 Å². The monoisotopic (exact) mass is 279 g/mol. The number of amides is 1. The van der Waals surface area contributed by atoms with Crippen molar-refractivity contribution in [3.63, 3.8) is 0 Å². The van der Waals surface area contributed by atoms with Crippen molar-refractivity contribution in [1.29, 1.82) is 0 Å². The van der Waals surface area contributed by atoms with Gasteiger partial charge in [0.05, 0.1) is 6.04 Å². The second kappa shape index (κ2) is 5.54. The van der Waals surface area contributed by atoms with E-state index in [9.17, 15) is 9.90 Å². The highest BCUT2D eigenvalue weighted by Gasteiger charge is 2.35. The molecular weight excluding hydrogens is 262 g/mol. The zero-order chi connectivity index (χ0) is 14.8. The second-order valence-corrected chi connectivity index (χ2v) is 5.20. The normalized spacial score (nSPS) is 18.2. The fraction of sp³-hybridized carbons (Fsp3) is 0.167. The molecule has 3 nitrogen and oxygen atoms in total. The average molecular weight is 279 g/mol. The highest BCUT2D eigenvalue weighted by molar-refractivity contribution is 5.96. The zero-order valence-corrected chi connectivity index (χ0v) is 11.8. The maximum Gasteiger partial charge on any atom is 0.252 e. The molecule has 1 aliphatic rings. The zero-order valence-electron chi connectivity index (χ0n) is 11.8. The number of carbonyl (C=O) groups excluding carboxylic acids is 1. The number of rotatable bonds is 3. The van der Waals surface area contributed by atoms with Crippen molar-refractivity contribution in [2.75, 3.05) is 0 Å². The number of nitrogens with zero attached hydrogens (tertiary/aromatic N) is 1. The third-order valence-electron chi connectivity index (χ3n) is 3.76. The number of carbonyl (C=O) groups is 1. The van der Waals surface area contributed by atoms with Crippen molar-refractivity contribution in [3.8, 4) is 0 Å². The van der Waals surface area contributed by atoms with Gasteiger partial charge in [-0.2, -0.15) is 0 Å². The predicted octanol–water partition coefficient (Wildman–Crippen LogP) is 2.88. The lowest BCUT2D eigenvalue weighted by atomic mass is 9.97. The molecule has 0 fully saturated rings. The van der Waals surface area contributed by atoms with Crippen molar-refractivity contribution in [2.24, 2.45) is 0 Å². The summed E-state index contributed by atoms with van der Waals surface area (Å²) in [5.41, 5.74) is 2.55. The molecule has 0 radical (unpaired) electrons. The summed E-state index contributed by atoms with van der Waals surface area (Å²) < 4.78 is 0. The van der Waals surface area contributed by atoms with Gasteiger partial charge in [-0.1, -0.05) is 60.7 Å². The van der Waals surface area contributed by atoms with Crippen LogP contribution in [0.25, 0.3) is 0 Å². The maximum atomic E-state index is 12.4. The standard InChI is InChI=1S/C18H17NO2/c1-13-12-16(20)19(18(13)21)17(14-8-4-2-5-9-14)15-10-6-3-7-11-15/h2-12,16-17,20H,1H3. The summed E-state index contributed by atoms with van der Waals surface area (Å²) in [6.45, 7) is 1.73. The highest BCUT2D eigenvalue weighted by Crippen LogP contribution is 2.33. The molecule has 1 aliphatic heterocycles. The molecule has 3 heteroatoms. The summed E-state index contributed by atoms with van der Waals surface area (Å²) in [4.78, 5) is 13.9. The van der Waals surface area contributed by atoms with Gasteiger partial charge in [0.25, 0.3) is 5.91 Å². The second-order valence-electron chi connectivity index (χ2n) is 5.20. The molecule has 0 spiro atoms. The fourth-order valence-corrected chi connectivity index (χ4v) is 2.75. The van der Waals surface area contributed by atoms with E-state index in [2.05, 4.69) is 0 Å². The van der Waals surface area contributed by atoms with Crippen molar-refractivity contribution in [2.45, 2.75) is 19.2 Å². The molecule has 3 rings (SSSR count). The molecule has 0 saturated heterocycles. The Bertz CT molecular complexity index is 625. The largest absolute Gasteiger partial charge is 0.370 e. The van der Waals surface area contributed by atoms with E-state index in [1.54, 1.807) is 13.0 Å². The van der Waals surface area contributed by atoms with Gasteiger partial charge in [0, 0.05) is 5.57 Å². The minimum atomic E-state index is -0.886. The number of aliphatic hydroxyl groups excluding tert-OH is 1. The Morgan fingerprint density at radius 2 is 1.43 bits per heavy atom. The number of benzene rings is 2. The average Bonchev–Trinajstić information content (AvgIpc) is 2.76. The Morgan fingerprint density at radius 1 is 0.952 bits per heavy atom. The summed E-state index contributed by atoms with van der Waals surface area (Å²) in [7, 11) is 0. The van der Waals surface area contributed by atoms with Crippen LogP contribution < -0.4 is 0 Å². The van der Waals surface area contributed by atoms with Gasteiger partial charge in [-0.15, -0.1) is 0 Å². The van der Waals surface area contributed by atoms with E-state index in [0.717, 1.165) is 11.1 Å². The highest BCUT2D eigenvalue weighted by atomic mass is 16.3. The van der Waals surface area contributed by atoms with Gasteiger partial charge < -0.3 is 5.11 Å². The lowest BCUT2D eigenvalue weighted by Crippen LogP contribution is -2.38. The Morgan fingerprint density at radius 3 is 1.81 bits per heavy atom. The molecule has 1 atom stereocenters. The van der Waals surface area contributed by atoms with Crippen LogP contribution in [0.1, 0.15) is 24.1 Å². The van der Waals surface area contributed by atoms with Crippen molar-refractivity contribution >= 4 is 5.91 Å². The van der Waals surface area contributed by atoms with Crippen LogP contribution in [0.2, 0.25) is 0 Å². The van der Waals surface area contributed by atoms with E-state index in [-0.39, 0.29) is 11.9 Å². The minimum Gasteiger partial charge on any atom is -0.370 e. The van der Waals surface area contributed by atoms with E-state index in [1.807, 2.05) is 60.7 Å². The quantitative estimate of drug-likeness (QED) is 0.938. The number of hydrogen-bond donors (Lipinski definition) is 1. The Labute approximate surface area is 124 Å². The molecular formula is C18H17NO2. The molecule has 0 aliphatic carbocycles. The van der Waals surface area contributed by atoms with Crippen molar-refractivity contribution in [3.05, 3.63) is 83.4 Å². The van der Waals surface area contributed by atoms with E-state index in [4.69, 9.17) is 0 Å². The van der Waals surface area contributed by atoms with Gasteiger partial charge in [-0.25, -0.2) is 0 Å². The lowest BCUT2D eigenvalue weighted by Gasteiger charge is -2.31. The molecule has 2 aromatic rings. The fourth-order valence-electron chi connectivity index (χ4n) is 2.75. The molecule has 2 aromatic carbocycles. The van der Waals surface area contributed by atoms with Gasteiger partial charge in [0.2, 0.25) is 0 Å². The van der Waals surface area contributed by atoms with Gasteiger partial charge >= 0.3 is 0 Å². The summed E-state index contributed by atoms with van der Waals surface area (Å²) in [5, 5.41) is 10.3. The lowest BCUT2D eigenvalue weighted by molar-refractivity contribution is -0.134.